The van der Waals surface area contributed by atoms with E-state index in [4.69, 9.17) is 5.73 Å². The summed E-state index contributed by atoms with van der Waals surface area (Å²) in [7, 11) is 1.91. The zero-order chi connectivity index (χ0) is 13.0. The van der Waals surface area contributed by atoms with E-state index in [0.717, 1.165) is 17.7 Å². The number of amides is 1. The molecule has 2 rings (SSSR count). The highest BCUT2D eigenvalue weighted by molar-refractivity contribution is 7.10. The van der Waals surface area contributed by atoms with Gasteiger partial charge in [0.2, 0.25) is 5.91 Å². The summed E-state index contributed by atoms with van der Waals surface area (Å²) in [5.74, 6) is 0.0596. The molecule has 0 spiro atoms. The zero-order valence-corrected chi connectivity index (χ0v) is 11.8. The molecule has 1 aromatic rings. The fourth-order valence-corrected chi connectivity index (χ4v) is 3.35. The molecule has 1 fully saturated rings. The van der Waals surface area contributed by atoms with Crippen molar-refractivity contribution < 1.29 is 4.79 Å². The van der Waals surface area contributed by atoms with E-state index >= 15 is 0 Å². The second-order valence-electron chi connectivity index (χ2n) is 5.09. The van der Waals surface area contributed by atoms with Gasteiger partial charge < -0.3 is 10.6 Å². The highest BCUT2D eigenvalue weighted by atomic mass is 32.1. The third kappa shape index (κ3) is 3.12. The summed E-state index contributed by atoms with van der Waals surface area (Å²) in [6.07, 6.45) is 7.32. The lowest BCUT2D eigenvalue weighted by Crippen LogP contribution is -2.42. The molecule has 1 atom stereocenters. The number of carbonyl (C=O) groups is 1. The summed E-state index contributed by atoms with van der Waals surface area (Å²) in [5.41, 5.74) is 6.05. The Morgan fingerprint density at radius 2 is 2.06 bits per heavy atom. The molecule has 0 saturated heterocycles. The molecule has 0 radical (unpaired) electrons. The van der Waals surface area contributed by atoms with Gasteiger partial charge >= 0.3 is 0 Å². The van der Waals surface area contributed by atoms with Gasteiger partial charge in [-0.25, -0.2) is 0 Å². The smallest absolute Gasteiger partial charge is 0.244 e. The summed E-state index contributed by atoms with van der Waals surface area (Å²) in [5, 5.41) is 1.97. The van der Waals surface area contributed by atoms with Gasteiger partial charge in [-0.1, -0.05) is 31.7 Å². The van der Waals surface area contributed by atoms with E-state index in [2.05, 4.69) is 0 Å². The van der Waals surface area contributed by atoms with Crippen molar-refractivity contribution in [2.45, 2.75) is 50.6 Å². The number of nitrogens with zero attached hydrogens (tertiary/aromatic N) is 1. The molecule has 1 saturated carbocycles. The number of carbonyl (C=O) groups excluding carboxylic acids is 1. The maximum atomic E-state index is 12.4. The van der Waals surface area contributed by atoms with E-state index in [1.54, 1.807) is 11.3 Å². The predicted molar refractivity (Wildman–Crippen MR) is 75.5 cm³/mol. The maximum absolute atomic E-state index is 12.4. The van der Waals surface area contributed by atoms with Crippen molar-refractivity contribution in [3.63, 3.8) is 0 Å². The van der Waals surface area contributed by atoms with Crippen LogP contribution < -0.4 is 5.73 Å². The largest absolute Gasteiger partial charge is 0.341 e. The first-order valence-electron chi connectivity index (χ1n) is 6.76. The molecule has 0 aliphatic heterocycles. The van der Waals surface area contributed by atoms with Crippen LogP contribution >= 0.6 is 11.3 Å². The second kappa shape index (κ2) is 6.34. The molecule has 3 nitrogen and oxygen atoms in total. The normalized spacial score (nSPS) is 19.2. The number of thiophene rings is 1. The fraction of sp³-hybridized carbons (Fsp3) is 0.643. The van der Waals surface area contributed by atoms with E-state index in [9.17, 15) is 4.79 Å². The Morgan fingerprint density at radius 1 is 1.39 bits per heavy atom. The molecule has 2 N–H and O–H groups in total. The van der Waals surface area contributed by atoms with Gasteiger partial charge in [0.25, 0.3) is 0 Å². The van der Waals surface area contributed by atoms with Crippen LogP contribution in [0.15, 0.2) is 17.5 Å². The van der Waals surface area contributed by atoms with Crippen molar-refractivity contribution in [1.29, 1.82) is 0 Å². The first-order chi connectivity index (χ1) is 8.70. The van der Waals surface area contributed by atoms with Gasteiger partial charge in [-0.15, -0.1) is 11.3 Å². The van der Waals surface area contributed by atoms with Gasteiger partial charge in [-0.2, -0.15) is 0 Å². The van der Waals surface area contributed by atoms with Crippen LogP contribution in [0.3, 0.4) is 0 Å². The van der Waals surface area contributed by atoms with Crippen molar-refractivity contribution in [1.82, 2.24) is 4.90 Å². The van der Waals surface area contributed by atoms with Crippen molar-refractivity contribution in [3.8, 4) is 0 Å². The van der Waals surface area contributed by atoms with Crippen LogP contribution in [0, 0.1) is 0 Å². The van der Waals surface area contributed by atoms with Gasteiger partial charge in [-0.05, 0) is 24.3 Å². The minimum Gasteiger partial charge on any atom is -0.341 e. The Hall–Kier alpha value is -0.870. The molecule has 1 aromatic heterocycles. The van der Waals surface area contributed by atoms with Gasteiger partial charge in [0.05, 0.1) is 0 Å². The average molecular weight is 266 g/mol. The Balaban J connectivity index is 1.99. The third-order valence-electron chi connectivity index (χ3n) is 3.84. The molecule has 4 heteroatoms. The minimum atomic E-state index is -0.488. The number of rotatable bonds is 3. The quantitative estimate of drug-likeness (QED) is 0.855. The fourth-order valence-electron chi connectivity index (χ4n) is 2.63. The lowest BCUT2D eigenvalue weighted by Gasteiger charge is -2.29. The van der Waals surface area contributed by atoms with E-state index < -0.39 is 6.04 Å². The molecule has 18 heavy (non-hydrogen) atoms. The molecule has 100 valence electrons. The Labute approximate surface area is 113 Å². The molecular weight excluding hydrogens is 244 g/mol. The van der Waals surface area contributed by atoms with Crippen molar-refractivity contribution in [2.24, 2.45) is 5.73 Å². The highest BCUT2D eigenvalue weighted by Gasteiger charge is 2.26. The molecule has 1 amide bonds. The van der Waals surface area contributed by atoms with Crippen LogP contribution in [0.4, 0.5) is 0 Å². The highest BCUT2D eigenvalue weighted by Crippen LogP contribution is 2.24. The number of hydrogen-bond donors (Lipinski definition) is 1. The number of nitrogens with two attached hydrogens (primary N) is 1. The average Bonchev–Trinajstić information content (AvgIpc) is 2.78. The van der Waals surface area contributed by atoms with Crippen molar-refractivity contribution in [3.05, 3.63) is 22.4 Å². The van der Waals surface area contributed by atoms with Gasteiger partial charge in [0.15, 0.2) is 0 Å². The molecule has 1 aliphatic rings. The van der Waals surface area contributed by atoms with Gasteiger partial charge in [-0.3, -0.25) is 4.79 Å². The molecule has 1 heterocycles. The molecule has 0 aromatic carbocycles. The monoisotopic (exact) mass is 266 g/mol. The summed E-state index contributed by atoms with van der Waals surface area (Å²) < 4.78 is 0. The second-order valence-corrected chi connectivity index (χ2v) is 6.07. The number of likely N-dealkylation sites (N-methyl/N-ethyl adjacent to an activating group) is 1. The Kier molecular flexibility index (Phi) is 4.78. The van der Waals surface area contributed by atoms with Crippen molar-refractivity contribution in [2.75, 3.05) is 7.05 Å². The van der Waals surface area contributed by atoms with Crippen LogP contribution in [0.1, 0.15) is 49.4 Å². The molecular formula is C14H22N2OS. The third-order valence-corrected chi connectivity index (χ3v) is 4.79. The molecule has 1 aliphatic carbocycles. The SMILES string of the molecule is CN(C(=O)C(N)c1cccs1)C1CCCCCC1. The number of hydrogen-bond acceptors (Lipinski definition) is 3. The molecule has 1 unspecified atom stereocenters. The molecule has 0 bridgehead atoms. The predicted octanol–water partition coefficient (Wildman–Crippen LogP) is 2.93. The van der Waals surface area contributed by atoms with Gasteiger partial charge in [0.1, 0.15) is 6.04 Å². The Bertz CT molecular complexity index is 369. The topological polar surface area (TPSA) is 46.3 Å². The summed E-state index contributed by atoms with van der Waals surface area (Å²) in [4.78, 5) is 15.2. The summed E-state index contributed by atoms with van der Waals surface area (Å²) in [6.45, 7) is 0. The van der Waals surface area contributed by atoms with Crippen LogP contribution in [0.2, 0.25) is 0 Å². The van der Waals surface area contributed by atoms with Crippen LogP contribution in [-0.4, -0.2) is 23.9 Å². The Morgan fingerprint density at radius 3 is 2.61 bits per heavy atom. The lowest BCUT2D eigenvalue weighted by molar-refractivity contribution is -0.133. The van der Waals surface area contributed by atoms with Crippen LogP contribution in [0.25, 0.3) is 0 Å². The summed E-state index contributed by atoms with van der Waals surface area (Å²) >= 11 is 1.56. The zero-order valence-electron chi connectivity index (χ0n) is 11.0. The lowest BCUT2D eigenvalue weighted by atomic mass is 10.1. The summed E-state index contributed by atoms with van der Waals surface area (Å²) in [6, 6.07) is 3.77. The van der Waals surface area contributed by atoms with Crippen LogP contribution in [0.5, 0.6) is 0 Å². The van der Waals surface area contributed by atoms with E-state index in [1.807, 2.05) is 29.5 Å². The van der Waals surface area contributed by atoms with Gasteiger partial charge in [0, 0.05) is 18.0 Å². The van der Waals surface area contributed by atoms with E-state index in [0.29, 0.717) is 6.04 Å². The van der Waals surface area contributed by atoms with E-state index in [-0.39, 0.29) is 5.91 Å². The first kappa shape index (κ1) is 13.6. The van der Waals surface area contributed by atoms with Crippen LogP contribution in [-0.2, 0) is 4.79 Å². The minimum absolute atomic E-state index is 0.0596. The first-order valence-corrected chi connectivity index (χ1v) is 7.64. The maximum Gasteiger partial charge on any atom is 0.244 e. The van der Waals surface area contributed by atoms with E-state index in [1.165, 1.54) is 25.7 Å². The standard InChI is InChI=1S/C14H22N2OS/c1-16(11-7-4-2-3-5-8-11)14(17)13(15)12-9-6-10-18-12/h6,9-11,13H,2-5,7-8,15H2,1H3. The van der Waals surface area contributed by atoms with Crippen molar-refractivity contribution >= 4 is 17.2 Å².